The number of hydrogen-bond acceptors (Lipinski definition) is 5. The molecular weight excluding hydrogens is 364 g/mol. The van der Waals surface area contributed by atoms with Gasteiger partial charge in [0.15, 0.2) is 0 Å². The first kappa shape index (κ1) is 17.9. The predicted molar refractivity (Wildman–Crippen MR) is 103 cm³/mol. The van der Waals surface area contributed by atoms with E-state index in [2.05, 4.69) is 5.32 Å². The number of amides is 2. The zero-order valence-corrected chi connectivity index (χ0v) is 16.1. The van der Waals surface area contributed by atoms with E-state index in [-0.39, 0.29) is 23.9 Å². The Hall–Kier alpha value is -2.54. The molecule has 1 aromatic heterocycles. The van der Waals surface area contributed by atoms with E-state index in [1.165, 1.54) is 11.3 Å². The van der Waals surface area contributed by atoms with Crippen LogP contribution in [0.15, 0.2) is 35.7 Å². The maximum absolute atomic E-state index is 13.1. The van der Waals surface area contributed by atoms with Crippen molar-refractivity contribution < 1.29 is 19.1 Å². The fourth-order valence-corrected chi connectivity index (χ4v) is 4.78. The second-order valence-electron chi connectivity index (χ2n) is 6.97. The van der Waals surface area contributed by atoms with E-state index in [1.807, 2.05) is 22.4 Å². The minimum absolute atomic E-state index is 0.0164. The summed E-state index contributed by atoms with van der Waals surface area (Å²) in [5, 5.41) is 5.04. The third-order valence-electron chi connectivity index (χ3n) is 5.50. The lowest BCUT2D eigenvalue weighted by Gasteiger charge is -2.32. The van der Waals surface area contributed by atoms with E-state index in [9.17, 15) is 9.59 Å². The summed E-state index contributed by atoms with van der Waals surface area (Å²) in [6, 6.07) is 9.25. The number of benzene rings is 1. The van der Waals surface area contributed by atoms with Crippen LogP contribution >= 0.6 is 11.3 Å². The Kier molecular flexibility index (Phi) is 4.78. The van der Waals surface area contributed by atoms with Gasteiger partial charge in [-0.05, 0) is 42.3 Å². The molecule has 0 radical (unpaired) electrons. The smallest absolute Gasteiger partial charge is 0.261 e. The molecule has 1 N–H and O–H groups in total. The predicted octanol–water partition coefficient (Wildman–Crippen LogP) is 2.80. The summed E-state index contributed by atoms with van der Waals surface area (Å²) in [4.78, 5) is 28.0. The summed E-state index contributed by atoms with van der Waals surface area (Å²) in [6.07, 6.45) is 1.73. The molecule has 2 heterocycles. The van der Waals surface area contributed by atoms with Gasteiger partial charge in [-0.3, -0.25) is 9.59 Å². The van der Waals surface area contributed by atoms with Crippen molar-refractivity contribution in [2.45, 2.75) is 24.9 Å². The van der Waals surface area contributed by atoms with Crippen LogP contribution in [0.4, 0.5) is 0 Å². The molecule has 3 atom stereocenters. The summed E-state index contributed by atoms with van der Waals surface area (Å²) >= 11 is 1.44. The number of thiophene rings is 1. The maximum Gasteiger partial charge on any atom is 0.261 e. The topological polar surface area (TPSA) is 67.9 Å². The van der Waals surface area contributed by atoms with Gasteiger partial charge in [0.25, 0.3) is 11.8 Å². The Balaban J connectivity index is 1.43. The molecule has 2 amide bonds. The summed E-state index contributed by atoms with van der Waals surface area (Å²) in [7, 11) is 3.14. The number of nitrogens with zero attached hydrogens (tertiary/aromatic N) is 1. The quantitative estimate of drug-likeness (QED) is 0.858. The van der Waals surface area contributed by atoms with Crippen molar-refractivity contribution in [2.24, 2.45) is 5.92 Å². The molecule has 7 heteroatoms. The first-order valence-corrected chi connectivity index (χ1v) is 9.86. The SMILES string of the molecule is COc1ccc(C(=O)N2CC3CC2CC3NC(=O)c2cccs2)c(OC)c1. The standard InChI is InChI=1S/C20H22N2O4S/c1-25-14-5-6-15(17(10-14)26-2)20(24)22-11-12-8-13(22)9-16(12)21-19(23)18-4-3-7-27-18/h3-7,10,12-13,16H,8-9,11H2,1-2H3,(H,21,23). The van der Waals surface area contributed by atoms with Crippen molar-refractivity contribution in [1.29, 1.82) is 0 Å². The largest absolute Gasteiger partial charge is 0.497 e. The van der Waals surface area contributed by atoms with Crippen molar-refractivity contribution in [3.63, 3.8) is 0 Å². The maximum atomic E-state index is 13.1. The molecule has 6 nitrogen and oxygen atoms in total. The van der Waals surface area contributed by atoms with Crippen LogP contribution in [0.2, 0.25) is 0 Å². The number of ether oxygens (including phenoxy) is 2. The molecule has 3 unspecified atom stereocenters. The highest BCUT2D eigenvalue weighted by Gasteiger charge is 2.47. The number of carbonyl (C=O) groups excluding carboxylic acids is 2. The number of fused-ring (bicyclic) bond motifs is 2. The lowest BCUT2D eigenvalue weighted by molar-refractivity contribution is 0.0677. The van der Waals surface area contributed by atoms with Crippen LogP contribution in [0, 0.1) is 5.92 Å². The molecule has 142 valence electrons. The Morgan fingerprint density at radius 3 is 2.67 bits per heavy atom. The van der Waals surface area contributed by atoms with Crippen LogP contribution in [0.3, 0.4) is 0 Å². The average Bonchev–Trinajstić information content (AvgIpc) is 3.43. The van der Waals surface area contributed by atoms with E-state index in [0.29, 0.717) is 29.5 Å². The zero-order valence-electron chi connectivity index (χ0n) is 15.3. The van der Waals surface area contributed by atoms with Crippen LogP contribution in [0.25, 0.3) is 0 Å². The lowest BCUT2D eigenvalue weighted by Crippen LogP contribution is -2.47. The van der Waals surface area contributed by atoms with Crippen molar-refractivity contribution in [3.8, 4) is 11.5 Å². The van der Waals surface area contributed by atoms with Crippen LogP contribution in [-0.4, -0.2) is 49.6 Å². The first-order chi connectivity index (χ1) is 13.1. The van der Waals surface area contributed by atoms with Crippen molar-refractivity contribution >= 4 is 23.2 Å². The number of rotatable bonds is 5. The van der Waals surface area contributed by atoms with Gasteiger partial charge in [0, 0.05) is 24.7 Å². The third-order valence-corrected chi connectivity index (χ3v) is 6.37. The van der Waals surface area contributed by atoms with Gasteiger partial charge >= 0.3 is 0 Å². The van der Waals surface area contributed by atoms with Crippen LogP contribution < -0.4 is 14.8 Å². The summed E-state index contributed by atoms with van der Waals surface area (Å²) in [5.74, 6) is 1.43. The molecule has 1 saturated carbocycles. The molecule has 1 saturated heterocycles. The number of hydrogen-bond donors (Lipinski definition) is 1. The van der Waals surface area contributed by atoms with E-state index in [0.717, 1.165) is 17.7 Å². The van der Waals surface area contributed by atoms with Gasteiger partial charge < -0.3 is 19.7 Å². The molecule has 2 aromatic rings. The normalized spacial score (nSPS) is 23.3. The van der Waals surface area contributed by atoms with E-state index in [4.69, 9.17) is 9.47 Å². The molecule has 2 bridgehead atoms. The van der Waals surface area contributed by atoms with Crippen molar-refractivity contribution in [3.05, 3.63) is 46.2 Å². The highest BCUT2D eigenvalue weighted by atomic mass is 32.1. The second-order valence-corrected chi connectivity index (χ2v) is 7.91. The van der Waals surface area contributed by atoms with E-state index in [1.54, 1.807) is 32.4 Å². The molecule has 27 heavy (non-hydrogen) atoms. The number of nitrogens with one attached hydrogen (secondary N) is 1. The zero-order chi connectivity index (χ0) is 19.0. The number of piperidine rings is 1. The lowest BCUT2D eigenvalue weighted by atomic mass is 10.0. The molecule has 1 aromatic carbocycles. The minimum atomic E-state index is -0.0231. The van der Waals surface area contributed by atoms with E-state index < -0.39 is 0 Å². The fourth-order valence-electron chi connectivity index (χ4n) is 4.16. The molecule has 1 aliphatic heterocycles. The Morgan fingerprint density at radius 1 is 1.19 bits per heavy atom. The highest BCUT2D eigenvalue weighted by Crippen LogP contribution is 2.40. The fraction of sp³-hybridized carbons (Fsp3) is 0.400. The molecular formula is C20H22N2O4S. The monoisotopic (exact) mass is 386 g/mol. The second kappa shape index (κ2) is 7.23. The van der Waals surface area contributed by atoms with Crippen LogP contribution in [0.1, 0.15) is 32.9 Å². The van der Waals surface area contributed by atoms with Gasteiger partial charge in [-0.1, -0.05) is 6.07 Å². The van der Waals surface area contributed by atoms with Crippen LogP contribution in [0.5, 0.6) is 11.5 Å². The summed E-state index contributed by atoms with van der Waals surface area (Å²) < 4.78 is 10.6. The molecule has 2 fully saturated rings. The molecule has 2 aliphatic rings. The van der Waals surface area contributed by atoms with E-state index >= 15 is 0 Å². The van der Waals surface area contributed by atoms with Crippen molar-refractivity contribution in [1.82, 2.24) is 10.2 Å². The highest BCUT2D eigenvalue weighted by molar-refractivity contribution is 7.12. The molecule has 1 aliphatic carbocycles. The molecule has 0 spiro atoms. The van der Waals surface area contributed by atoms with Gasteiger partial charge in [0.1, 0.15) is 11.5 Å². The number of carbonyl (C=O) groups is 2. The summed E-state index contributed by atoms with van der Waals surface area (Å²) in [6.45, 7) is 0.661. The third kappa shape index (κ3) is 3.27. The van der Waals surface area contributed by atoms with Gasteiger partial charge in [-0.15, -0.1) is 11.3 Å². The molecule has 4 rings (SSSR count). The van der Waals surface area contributed by atoms with Crippen LogP contribution in [-0.2, 0) is 0 Å². The Bertz CT molecular complexity index is 852. The van der Waals surface area contributed by atoms with Gasteiger partial charge in [0.05, 0.1) is 24.7 Å². The van der Waals surface area contributed by atoms with Gasteiger partial charge in [-0.2, -0.15) is 0 Å². The Morgan fingerprint density at radius 2 is 2.04 bits per heavy atom. The van der Waals surface area contributed by atoms with Gasteiger partial charge in [0.2, 0.25) is 0 Å². The summed E-state index contributed by atoms with van der Waals surface area (Å²) in [5.41, 5.74) is 0.546. The van der Waals surface area contributed by atoms with Gasteiger partial charge in [-0.25, -0.2) is 0 Å². The minimum Gasteiger partial charge on any atom is -0.497 e. The number of methoxy groups -OCH3 is 2. The average molecular weight is 386 g/mol. The number of likely N-dealkylation sites (tertiary alicyclic amines) is 1. The Labute approximate surface area is 162 Å². The first-order valence-electron chi connectivity index (χ1n) is 8.98. The van der Waals surface area contributed by atoms with Crippen molar-refractivity contribution in [2.75, 3.05) is 20.8 Å².